The highest BCUT2D eigenvalue weighted by Crippen LogP contribution is 2.39. The fourth-order valence-corrected chi connectivity index (χ4v) is 4.12. The van der Waals surface area contributed by atoms with Gasteiger partial charge in [0.05, 0.1) is 28.8 Å². The summed E-state index contributed by atoms with van der Waals surface area (Å²) in [7, 11) is 1.65. The molecule has 3 rings (SSSR count). The Morgan fingerprint density at radius 3 is 2.76 bits per heavy atom. The molecule has 2 aromatic heterocycles. The van der Waals surface area contributed by atoms with Crippen LogP contribution in [0.25, 0.3) is 21.5 Å². The van der Waals surface area contributed by atoms with Gasteiger partial charge in [0, 0.05) is 11.6 Å². The van der Waals surface area contributed by atoms with Crippen LogP contribution in [0.15, 0.2) is 24.3 Å². The Kier molecular flexibility index (Phi) is 4.87. The first-order valence-corrected chi connectivity index (χ1v) is 9.15. The minimum absolute atomic E-state index is 0.239. The first-order valence-electron chi connectivity index (χ1n) is 7.92. The number of methoxy groups -OCH3 is 1. The summed E-state index contributed by atoms with van der Waals surface area (Å²) >= 11 is 7.00. The molecule has 0 radical (unpaired) electrons. The lowest BCUT2D eigenvalue weighted by Crippen LogP contribution is -2.29. The Labute approximate surface area is 156 Å². The van der Waals surface area contributed by atoms with Crippen LogP contribution in [0.4, 0.5) is 5.69 Å². The molecular formula is C18H20N4OS2. The van der Waals surface area contributed by atoms with Gasteiger partial charge in [0.2, 0.25) is 0 Å². The van der Waals surface area contributed by atoms with Crippen LogP contribution >= 0.6 is 23.6 Å². The Bertz CT molecular complexity index is 950. The van der Waals surface area contributed by atoms with Crippen LogP contribution in [0.3, 0.4) is 0 Å². The van der Waals surface area contributed by atoms with Crippen molar-refractivity contribution in [1.29, 1.82) is 0 Å². The molecule has 3 aromatic rings. The zero-order valence-electron chi connectivity index (χ0n) is 14.6. The molecule has 0 aliphatic rings. The number of nitrogens with one attached hydrogen (secondary N) is 1. The Hall–Kier alpha value is -2.25. The van der Waals surface area contributed by atoms with Gasteiger partial charge in [0.15, 0.2) is 0 Å². The number of rotatable bonds is 4. The molecule has 0 atom stereocenters. The molecule has 5 nitrogen and oxygen atoms in total. The molecule has 25 heavy (non-hydrogen) atoms. The smallest absolute Gasteiger partial charge is 0.130 e. The van der Waals surface area contributed by atoms with E-state index in [1.54, 1.807) is 7.11 Å². The van der Waals surface area contributed by atoms with Gasteiger partial charge >= 0.3 is 0 Å². The molecule has 0 amide bonds. The third-order valence-corrected chi connectivity index (χ3v) is 5.24. The van der Waals surface area contributed by atoms with E-state index in [1.165, 1.54) is 11.3 Å². The Morgan fingerprint density at radius 2 is 2.08 bits per heavy atom. The fraction of sp³-hybridized carbons (Fsp3) is 0.278. The quantitative estimate of drug-likeness (QED) is 0.676. The highest BCUT2D eigenvalue weighted by Gasteiger charge is 2.20. The van der Waals surface area contributed by atoms with Gasteiger partial charge in [-0.2, -0.15) is 0 Å². The first-order chi connectivity index (χ1) is 11.9. The summed E-state index contributed by atoms with van der Waals surface area (Å²) in [5, 5.41) is 4.09. The van der Waals surface area contributed by atoms with Gasteiger partial charge < -0.3 is 15.8 Å². The molecule has 0 fully saturated rings. The van der Waals surface area contributed by atoms with Crippen molar-refractivity contribution in [2.24, 2.45) is 0 Å². The molecule has 0 spiro atoms. The monoisotopic (exact) mass is 372 g/mol. The number of nitrogen functional groups attached to an aromatic ring is 1. The largest absolute Gasteiger partial charge is 0.497 e. The number of nitrogens with zero attached hydrogens (tertiary/aromatic N) is 2. The Balaban J connectivity index is 2.22. The van der Waals surface area contributed by atoms with Crippen molar-refractivity contribution in [2.75, 3.05) is 12.8 Å². The van der Waals surface area contributed by atoms with Gasteiger partial charge in [-0.3, -0.25) is 0 Å². The lowest BCUT2D eigenvalue weighted by Gasteiger charge is -2.10. The SMILES string of the molecule is COc1cccc(-c2nc(C)nc3sc(C(=S)NC(C)C)c(N)c23)c1. The maximum atomic E-state index is 6.45. The number of nitrogens with two attached hydrogens (primary N) is 1. The average molecular weight is 373 g/mol. The standard InChI is InChI=1S/C18H20N4OS2/c1-9(2)20-17(24)16-14(19)13-15(21-10(3)22-18(13)25-16)11-6-5-7-12(8-11)23-4/h5-9H,19H2,1-4H3,(H,20,24). The van der Waals surface area contributed by atoms with Crippen LogP contribution in [-0.4, -0.2) is 28.1 Å². The van der Waals surface area contributed by atoms with Crippen LogP contribution < -0.4 is 15.8 Å². The molecule has 0 aliphatic carbocycles. The van der Waals surface area contributed by atoms with E-state index in [-0.39, 0.29) is 6.04 Å². The van der Waals surface area contributed by atoms with Gasteiger partial charge in [0.25, 0.3) is 0 Å². The molecule has 2 heterocycles. The van der Waals surface area contributed by atoms with Crippen molar-refractivity contribution in [3.8, 4) is 17.0 Å². The summed E-state index contributed by atoms with van der Waals surface area (Å²) in [6.07, 6.45) is 0. The van der Waals surface area contributed by atoms with E-state index < -0.39 is 0 Å². The van der Waals surface area contributed by atoms with Crippen LogP contribution in [-0.2, 0) is 0 Å². The topological polar surface area (TPSA) is 73.1 Å². The second-order valence-corrected chi connectivity index (χ2v) is 7.41. The predicted octanol–water partition coefficient (Wildman–Crippen LogP) is 3.93. The normalized spacial score (nSPS) is 11.1. The molecule has 0 saturated heterocycles. The second kappa shape index (κ2) is 6.93. The first kappa shape index (κ1) is 17.6. The van der Waals surface area contributed by atoms with E-state index in [2.05, 4.69) is 15.3 Å². The summed E-state index contributed by atoms with van der Waals surface area (Å²) in [6.45, 7) is 5.96. The number of fused-ring (bicyclic) bond motifs is 1. The third kappa shape index (κ3) is 3.43. The van der Waals surface area contributed by atoms with E-state index in [0.29, 0.717) is 16.5 Å². The van der Waals surface area contributed by atoms with Gasteiger partial charge in [-0.25, -0.2) is 9.97 Å². The molecule has 0 saturated carbocycles. The van der Waals surface area contributed by atoms with Crippen molar-refractivity contribution < 1.29 is 4.74 Å². The van der Waals surface area contributed by atoms with E-state index in [1.807, 2.05) is 45.0 Å². The lowest BCUT2D eigenvalue weighted by molar-refractivity contribution is 0.415. The van der Waals surface area contributed by atoms with Crippen molar-refractivity contribution in [2.45, 2.75) is 26.8 Å². The molecular weight excluding hydrogens is 352 g/mol. The highest BCUT2D eigenvalue weighted by molar-refractivity contribution is 7.81. The van der Waals surface area contributed by atoms with Gasteiger partial charge in [-0.15, -0.1) is 11.3 Å². The number of thiophene rings is 1. The van der Waals surface area contributed by atoms with Crippen molar-refractivity contribution >= 4 is 44.4 Å². The van der Waals surface area contributed by atoms with E-state index in [4.69, 9.17) is 22.7 Å². The number of anilines is 1. The van der Waals surface area contributed by atoms with Crippen LogP contribution in [0.1, 0.15) is 24.5 Å². The average Bonchev–Trinajstić information content (AvgIpc) is 2.90. The van der Waals surface area contributed by atoms with Gasteiger partial charge in [0.1, 0.15) is 21.4 Å². The summed E-state index contributed by atoms with van der Waals surface area (Å²) < 4.78 is 5.33. The number of ether oxygens (including phenoxy) is 1. The molecule has 0 aliphatic heterocycles. The molecule has 3 N–H and O–H groups in total. The van der Waals surface area contributed by atoms with Crippen LogP contribution in [0.2, 0.25) is 0 Å². The second-order valence-electron chi connectivity index (χ2n) is 6.00. The van der Waals surface area contributed by atoms with Crippen molar-refractivity contribution in [3.05, 3.63) is 35.0 Å². The van der Waals surface area contributed by atoms with Gasteiger partial charge in [-0.05, 0) is 32.9 Å². The molecule has 0 unspecified atom stereocenters. The molecule has 130 valence electrons. The van der Waals surface area contributed by atoms with Crippen molar-refractivity contribution in [3.63, 3.8) is 0 Å². The third-order valence-electron chi connectivity index (χ3n) is 3.67. The maximum absolute atomic E-state index is 6.45. The summed E-state index contributed by atoms with van der Waals surface area (Å²) in [5.41, 5.74) is 8.81. The zero-order chi connectivity index (χ0) is 18.1. The molecule has 0 bridgehead atoms. The van der Waals surface area contributed by atoms with E-state index in [0.717, 1.165) is 32.1 Å². The van der Waals surface area contributed by atoms with Crippen molar-refractivity contribution in [1.82, 2.24) is 15.3 Å². The minimum Gasteiger partial charge on any atom is -0.497 e. The van der Waals surface area contributed by atoms with Crippen LogP contribution in [0.5, 0.6) is 5.75 Å². The van der Waals surface area contributed by atoms with E-state index >= 15 is 0 Å². The summed E-state index contributed by atoms with van der Waals surface area (Å²) in [5.74, 6) is 1.47. The molecule has 7 heteroatoms. The highest BCUT2D eigenvalue weighted by atomic mass is 32.1. The number of benzene rings is 1. The maximum Gasteiger partial charge on any atom is 0.130 e. The number of hydrogen-bond acceptors (Lipinski definition) is 6. The minimum atomic E-state index is 0.239. The van der Waals surface area contributed by atoms with Crippen LogP contribution in [0, 0.1) is 6.92 Å². The number of thiocarbonyl (C=S) groups is 1. The van der Waals surface area contributed by atoms with Gasteiger partial charge in [-0.1, -0.05) is 24.4 Å². The number of aromatic nitrogens is 2. The summed E-state index contributed by atoms with van der Waals surface area (Å²) in [6, 6.07) is 8.02. The Morgan fingerprint density at radius 1 is 1.32 bits per heavy atom. The molecule has 1 aromatic carbocycles. The zero-order valence-corrected chi connectivity index (χ0v) is 16.2. The van der Waals surface area contributed by atoms with E-state index in [9.17, 15) is 0 Å². The number of aryl methyl sites for hydroxylation is 1. The lowest BCUT2D eigenvalue weighted by atomic mass is 10.1. The fourth-order valence-electron chi connectivity index (χ4n) is 2.60. The predicted molar refractivity (Wildman–Crippen MR) is 109 cm³/mol. The summed E-state index contributed by atoms with van der Waals surface area (Å²) in [4.78, 5) is 11.5. The number of hydrogen-bond donors (Lipinski definition) is 2.